The lowest BCUT2D eigenvalue weighted by Crippen LogP contribution is -2.26. The van der Waals surface area contributed by atoms with Gasteiger partial charge < -0.3 is 5.84 Å². The van der Waals surface area contributed by atoms with Gasteiger partial charge in [-0.1, -0.05) is 0 Å². The summed E-state index contributed by atoms with van der Waals surface area (Å²) in [6, 6.07) is 4.14. The van der Waals surface area contributed by atoms with Crippen LogP contribution in [0.2, 0.25) is 0 Å². The second-order valence-electron chi connectivity index (χ2n) is 3.11. The molecule has 2 N–H and O–H groups in total. The molecule has 0 aliphatic rings. The van der Waals surface area contributed by atoms with Gasteiger partial charge in [0.05, 0.1) is 0 Å². The van der Waals surface area contributed by atoms with Crippen molar-refractivity contribution in [3.05, 3.63) is 30.2 Å². The van der Waals surface area contributed by atoms with Crippen LogP contribution in [0.1, 0.15) is 5.69 Å². The van der Waals surface area contributed by atoms with Crippen LogP contribution in [0.5, 0.6) is 0 Å². The van der Waals surface area contributed by atoms with Crippen LogP contribution in [0.25, 0.3) is 10.9 Å². The number of fused-ring (bicyclic) bond motifs is 1. The Morgan fingerprint density at radius 3 is 3.00 bits per heavy atom. The Morgan fingerprint density at radius 2 is 2.25 bits per heavy atom. The lowest BCUT2D eigenvalue weighted by atomic mass is 10.3. The molecule has 0 radical (unpaired) electrons. The number of hydrogen-bond donors (Lipinski definition) is 1. The zero-order chi connectivity index (χ0) is 8.72. The van der Waals surface area contributed by atoms with Crippen molar-refractivity contribution in [1.82, 2.24) is 4.68 Å². The fourth-order valence-electron chi connectivity index (χ4n) is 1.40. The van der Waals surface area contributed by atoms with Gasteiger partial charge in [0.25, 0.3) is 0 Å². The number of aromatic nitrogens is 2. The van der Waals surface area contributed by atoms with Crippen molar-refractivity contribution in [3.63, 3.8) is 0 Å². The standard InChI is InChI=1S/C9H12N3/c1-7-5-8-3-4-11(2)6-9(8)12(7)10/h3-6H,10H2,1-2H3/q+1. The Hall–Kier alpha value is -1.51. The summed E-state index contributed by atoms with van der Waals surface area (Å²) in [5.41, 5.74) is 2.15. The summed E-state index contributed by atoms with van der Waals surface area (Å²) >= 11 is 0. The summed E-state index contributed by atoms with van der Waals surface area (Å²) in [6.07, 6.45) is 4.03. The Kier molecular flexibility index (Phi) is 1.33. The van der Waals surface area contributed by atoms with E-state index in [1.165, 1.54) is 5.39 Å². The van der Waals surface area contributed by atoms with Crippen molar-refractivity contribution in [2.75, 3.05) is 5.84 Å². The van der Waals surface area contributed by atoms with Gasteiger partial charge >= 0.3 is 0 Å². The number of aryl methyl sites for hydroxylation is 2. The molecule has 3 nitrogen and oxygen atoms in total. The van der Waals surface area contributed by atoms with Gasteiger partial charge in [-0.15, -0.1) is 0 Å². The molecule has 3 heteroatoms. The van der Waals surface area contributed by atoms with Crippen LogP contribution >= 0.6 is 0 Å². The molecule has 0 spiro atoms. The van der Waals surface area contributed by atoms with Gasteiger partial charge in [0.15, 0.2) is 12.4 Å². The highest BCUT2D eigenvalue weighted by Gasteiger charge is 2.05. The second-order valence-corrected chi connectivity index (χ2v) is 3.11. The Balaban J connectivity index is 2.88. The number of rotatable bonds is 0. The minimum Gasteiger partial charge on any atom is -0.339 e. The van der Waals surface area contributed by atoms with Gasteiger partial charge in [-0.05, 0) is 13.0 Å². The Morgan fingerprint density at radius 1 is 1.50 bits per heavy atom. The van der Waals surface area contributed by atoms with E-state index in [1.54, 1.807) is 4.68 Å². The first-order valence-corrected chi connectivity index (χ1v) is 3.91. The van der Waals surface area contributed by atoms with E-state index in [0.717, 1.165) is 11.2 Å². The molecule has 0 saturated carbocycles. The monoisotopic (exact) mass is 162 g/mol. The maximum Gasteiger partial charge on any atom is 0.194 e. The highest BCUT2D eigenvalue weighted by atomic mass is 15.3. The van der Waals surface area contributed by atoms with Crippen molar-refractivity contribution in [2.45, 2.75) is 6.92 Å². The highest BCUT2D eigenvalue weighted by molar-refractivity contribution is 5.79. The van der Waals surface area contributed by atoms with Crippen LogP contribution in [0.3, 0.4) is 0 Å². The SMILES string of the molecule is Cc1cc2cc[n+](C)cc2n1N. The molecule has 0 aliphatic heterocycles. The summed E-state index contributed by atoms with van der Waals surface area (Å²) in [6.45, 7) is 2.00. The van der Waals surface area contributed by atoms with Crippen LogP contribution in [0.4, 0.5) is 0 Å². The molecule has 0 bridgehead atoms. The minimum atomic E-state index is 1.07. The molecule has 62 valence electrons. The zero-order valence-electron chi connectivity index (χ0n) is 7.28. The van der Waals surface area contributed by atoms with Gasteiger partial charge in [-0.3, -0.25) is 4.68 Å². The maximum absolute atomic E-state index is 5.81. The third kappa shape index (κ3) is 0.863. The van der Waals surface area contributed by atoms with E-state index in [9.17, 15) is 0 Å². The molecule has 0 unspecified atom stereocenters. The smallest absolute Gasteiger partial charge is 0.194 e. The molecular weight excluding hydrogens is 150 g/mol. The summed E-state index contributed by atoms with van der Waals surface area (Å²) in [5.74, 6) is 5.81. The van der Waals surface area contributed by atoms with Crippen molar-refractivity contribution in [1.29, 1.82) is 0 Å². The van der Waals surface area contributed by atoms with E-state index in [0.29, 0.717) is 0 Å². The normalized spacial score (nSPS) is 10.8. The molecule has 0 fully saturated rings. The first-order valence-electron chi connectivity index (χ1n) is 3.91. The summed E-state index contributed by atoms with van der Waals surface area (Å²) < 4.78 is 3.69. The lowest BCUT2D eigenvalue weighted by molar-refractivity contribution is -0.670. The third-order valence-corrected chi connectivity index (χ3v) is 2.11. The zero-order valence-corrected chi connectivity index (χ0v) is 7.28. The van der Waals surface area contributed by atoms with E-state index in [-0.39, 0.29) is 0 Å². The molecule has 0 aliphatic carbocycles. The first-order chi connectivity index (χ1) is 5.68. The van der Waals surface area contributed by atoms with E-state index in [2.05, 4.69) is 12.1 Å². The molecule has 0 atom stereocenters. The predicted octanol–water partition coefficient (Wildman–Crippen LogP) is 0.488. The quantitative estimate of drug-likeness (QED) is 0.444. The van der Waals surface area contributed by atoms with Crippen LogP contribution in [0.15, 0.2) is 24.5 Å². The topological polar surface area (TPSA) is 34.8 Å². The van der Waals surface area contributed by atoms with Crippen LogP contribution in [-0.4, -0.2) is 4.68 Å². The summed E-state index contributed by atoms with van der Waals surface area (Å²) in [5, 5.41) is 1.19. The Bertz CT molecular complexity index is 429. The molecule has 2 aromatic rings. The predicted molar refractivity (Wildman–Crippen MR) is 48.0 cm³/mol. The maximum atomic E-state index is 5.81. The fraction of sp³-hybridized carbons (Fsp3) is 0.222. The van der Waals surface area contributed by atoms with Gasteiger partial charge in [0.2, 0.25) is 0 Å². The molecule has 2 heterocycles. The van der Waals surface area contributed by atoms with Crippen molar-refractivity contribution < 1.29 is 4.57 Å². The van der Waals surface area contributed by atoms with Crippen molar-refractivity contribution in [3.8, 4) is 0 Å². The first kappa shape index (κ1) is 7.16. The Labute approximate surface area is 71.0 Å². The van der Waals surface area contributed by atoms with E-state index < -0.39 is 0 Å². The number of nitrogens with two attached hydrogens (primary N) is 1. The van der Waals surface area contributed by atoms with Crippen molar-refractivity contribution in [2.24, 2.45) is 7.05 Å². The molecule has 2 aromatic heterocycles. The molecule has 12 heavy (non-hydrogen) atoms. The van der Waals surface area contributed by atoms with Crippen molar-refractivity contribution >= 4 is 10.9 Å². The van der Waals surface area contributed by atoms with Gasteiger partial charge in [-0.25, -0.2) is 4.57 Å². The van der Waals surface area contributed by atoms with Crippen LogP contribution < -0.4 is 10.4 Å². The van der Waals surface area contributed by atoms with Crippen LogP contribution in [0, 0.1) is 6.92 Å². The largest absolute Gasteiger partial charge is 0.339 e. The van der Waals surface area contributed by atoms with Gasteiger partial charge in [0.1, 0.15) is 12.6 Å². The summed E-state index contributed by atoms with van der Waals surface area (Å²) in [4.78, 5) is 0. The van der Waals surface area contributed by atoms with E-state index >= 15 is 0 Å². The number of nitrogens with zero attached hydrogens (tertiary/aromatic N) is 2. The average molecular weight is 162 g/mol. The van der Waals surface area contributed by atoms with Gasteiger partial charge in [0, 0.05) is 17.1 Å². The number of hydrogen-bond acceptors (Lipinski definition) is 1. The summed E-state index contributed by atoms with van der Waals surface area (Å²) in [7, 11) is 1.99. The molecule has 2 rings (SSSR count). The second kappa shape index (κ2) is 2.24. The fourth-order valence-corrected chi connectivity index (χ4v) is 1.40. The molecular formula is C9H12N3+. The molecule has 0 aromatic carbocycles. The highest BCUT2D eigenvalue weighted by Crippen LogP contribution is 2.13. The minimum absolute atomic E-state index is 1.07. The van der Waals surface area contributed by atoms with Crippen LogP contribution in [-0.2, 0) is 7.05 Å². The van der Waals surface area contributed by atoms with E-state index in [4.69, 9.17) is 5.84 Å². The molecule has 0 amide bonds. The third-order valence-electron chi connectivity index (χ3n) is 2.11. The van der Waals surface area contributed by atoms with Gasteiger partial charge in [-0.2, -0.15) is 0 Å². The number of nitrogen functional groups attached to an aromatic ring is 1. The van der Waals surface area contributed by atoms with E-state index in [1.807, 2.05) is 30.9 Å². The lowest BCUT2D eigenvalue weighted by Gasteiger charge is -1.95. The average Bonchev–Trinajstić information content (AvgIpc) is 2.31. The molecule has 0 saturated heterocycles. The number of pyridine rings is 1.